The second kappa shape index (κ2) is 5.78. The van der Waals surface area contributed by atoms with Crippen LogP contribution in [0.15, 0.2) is 17.0 Å². The van der Waals surface area contributed by atoms with Gasteiger partial charge in [-0.25, -0.2) is 0 Å². The normalized spacial score (nSPS) is 10.4. The van der Waals surface area contributed by atoms with Gasteiger partial charge in [0.25, 0.3) is 0 Å². The topological polar surface area (TPSA) is 17.1 Å². The van der Waals surface area contributed by atoms with Crippen LogP contribution in [0.25, 0.3) is 0 Å². The van der Waals surface area contributed by atoms with E-state index >= 15 is 0 Å². The number of Topliss-reactive ketones (excluding diaryl/α,β-unsaturated/α-hetero) is 1. The van der Waals surface area contributed by atoms with Crippen molar-refractivity contribution in [1.29, 1.82) is 0 Å². The quantitative estimate of drug-likeness (QED) is 0.756. The highest BCUT2D eigenvalue weighted by Crippen LogP contribution is 2.32. The molecule has 82 valence electrons. The van der Waals surface area contributed by atoms with Gasteiger partial charge in [0.1, 0.15) is 5.78 Å². The van der Waals surface area contributed by atoms with E-state index in [2.05, 4.69) is 0 Å². The van der Waals surface area contributed by atoms with E-state index < -0.39 is 0 Å². The van der Waals surface area contributed by atoms with Crippen LogP contribution in [0.4, 0.5) is 0 Å². The van der Waals surface area contributed by atoms with Crippen LogP contribution < -0.4 is 0 Å². The number of carbonyl (C=O) groups is 1. The molecule has 0 aliphatic carbocycles. The lowest BCUT2D eigenvalue weighted by molar-refractivity contribution is -0.114. The van der Waals surface area contributed by atoms with Gasteiger partial charge >= 0.3 is 0 Å². The van der Waals surface area contributed by atoms with Gasteiger partial charge in [-0.15, -0.1) is 11.8 Å². The number of rotatable bonds is 4. The first-order valence-electron chi connectivity index (χ1n) is 4.64. The van der Waals surface area contributed by atoms with E-state index in [1.54, 1.807) is 6.92 Å². The standard InChI is InChI=1S/C11H12Cl2OS/c1-3-8-4-10(13)11(5-9(8)12)15-6-7(2)14/h4-5H,3,6H2,1-2H3. The summed E-state index contributed by atoms with van der Waals surface area (Å²) in [5.41, 5.74) is 1.04. The zero-order valence-electron chi connectivity index (χ0n) is 8.64. The number of hydrogen-bond acceptors (Lipinski definition) is 2. The summed E-state index contributed by atoms with van der Waals surface area (Å²) < 4.78 is 0. The Morgan fingerprint density at radius 3 is 2.53 bits per heavy atom. The maximum atomic E-state index is 10.8. The van der Waals surface area contributed by atoms with Crippen molar-refractivity contribution in [3.8, 4) is 0 Å². The fraction of sp³-hybridized carbons (Fsp3) is 0.364. The molecular weight excluding hydrogens is 251 g/mol. The highest BCUT2D eigenvalue weighted by molar-refractivity contribution is 8.00. The van der Waals surface area contributed by atoms with E-state index in [9.17, 15) is 4.79 Å². The van der Waals surface area contributed by atoms with Gasteiger partial charge in [-0.3, -0.25) is 4.79 Å². The second-order valence-electron chi connectivity index (χ2n) is 3.22. The SMILES string of the molecule is CCc1cc(Cl)c(SCC(C)=O)cc1Cl. The summed E-state index contributed by atoms with van der Waals surface area (Å²) in [7, 11) is 0. The van der Waals surface area contributed by atoms with Crippen LogP contribution in [-0.4, -0.2) is 11.5 Å². The molecule has 0 amide bonds. The molecule has 0 saturated carbocycles. The predicted octanol–water partition coefficient (Wildman–Crippen LogP) is 4.24. The lowest BCUT2D eigenvalue weighted by atomic mass is 10.2. The fourth-order valence-corrected chi connectivity index (χ4v) is 2.60. The molecule has 0 radical (unpaired) electrons. The number of aryl methyl sites for hydroxylation is 1. The van der Waals surface area contributed by atoms with Crippen molar-refractivity contribution in [1.82, 2.24) is 0 Å². The first-order chi connectivity index (χ1) is 7.04. The summed E-state index contributed by atoms with van der Waals surface area (Å²) in [5, 5.41) is 1.38. The van der Waals surface area contributed by atoms with Crippen molar-refractivity contribution < 1.29 is 4.79 Å². The number of carbonyl (C=O) groups excluding carboxylic acids is 1. The van der Waals surface area contributed by atoms with Gasteiger partial charge in [0.15, 0.2) is 0 Å². The van der Waals surface area contributed by atoms with Gasteiger partial charge in [-0.1, -0.05) is 30.1 Å². The molecule has 15 heavy (non-hydrogen) atoms. The van der Waals surface area contributed by atoms with E-state index in [1.165, 1.54) is 11.8 Å². The zero-order valence-corrected chi connectivity index (χ0v) is 11.0. The molecule has 1 aromatic carbocycles. The predicted molar refractivity (Wildman–Crippen MR) is 67.2 cm³/mol. The maximum absolute atomic E-state index is 10.8. The molecule has 0 spiro atoms. The van der Waals surface area contributed by atoms with Crippen molar-refractivity contribution in [2.24, 2.45) is 0 Å². The molecule has 0 bridgehead atoms. The molecule has 0 atom stereocenters. The summed E-state index contributed by atoms with van der Waals surface area (Å²) in [5.74, 6) is 0.563. The minimum atomic E-state index is 0.131. The molecule has 0 saturated heterocycles. The summed E-state index contributed by atoms with van der Waals surface area (Å²) in [4.78, 5) is 11.7. The van der Waals surface area contributed by atoms with Crippen molar-refractivity contribution in [2.75, 3.05) is 5.75 Å². The third-order valence-electron chi connectivity index (χ3n) is 1.91. The molecular formula is C11H12Cl2OS. The summed E-state index contributed by atoms with van der Waals surface area (Å²) in [6, 6.07) is 3.70. The van der Waals surface area contributed by atoms with Crippen LogP contribution in [0.5, 0.6) is 0 Å². The van der Waals surface area contributed by atoms with Crippen LogP contribution in [0.3, 0.4) is 0 Å². The Bertz CT molecular complexity index is 377. The Morgan fingerprint density at radius 2 is 2.00 bits per heavy atom. The van der Waals surface area contributed by atoms with Gasteiger partial charge in [0.05, 0.1) is 10.8 Å². The molecule has 1 aromatic rings. The summed E-state index contributed by atoms with van der Waals surface area (Å²) in [6.45, 7) is 3.59. The maximum Gasteiger partial charge on any atom is 0.140 e. The average molecular weight is 263 g/mol. The Labute approximate surface area is 104 Å². The molecule has 1 nitrogen and oxygen atoms in total. The Balaban J connectivity index is 2.90. The van der Waals surface area contributed by atoms with E-state index in [-0.39, 0.29) is 5.78 Å². The van der Waals surface area contributed by atoms with Crippen LogP contribution in [-0.2, 0) is 11.2 Å². The third kappa shape index (κ3) is 3.71. The van der Waals surface area contributed by atoms with E-state index in [0.717, 1.165) is 16.9 Å². The van der Waals surface area contributed by atoms with Crippen LogP contribution >= 0.6 is 35.0 Å². The Kier molecular flexibility index (Phi) is 4.97. The van der Waals surface area contributed by atoms with Crippen molar-refractivity contribution in [3.63, 3.8) is 0 Å². The minimum absolute atomic E-state index is 0.131. The Hall–Kier alpha value is -0.180. The molecule has 0 unspecified atom stereocenters. The summed E-state index contributed by atoms with van der Waals surface area (Å²) in [6.07, 6.45) is 0.857. The minimum Gasteiger partial charge on any atom is -0.299 e. The van der Waals surface area contributed by atoms with Crippen molar-refractivity contribution in [2.45, 2.75) is 25.2 Å². The van der Waals surface area contributed by atoms with Crippen LogP contribution in [0.1, 0.15) is 19.4 Å². The third-order valence-corrected chi connectivity index (χ3v) is 3.89. The number of hydrogen-bond donors (Lipinski definition) is 0. The van der Waals surface area contributed by atoms with Crippen LogP contribution in [0, 0.1) is 0 Å². The fourth-order valence-electron chi connectivity index (χ4n) is 1.13. The molecule has 0 heterocycles. The molecule has 0 fully saturated rings. The lowest BCUT2D eigenvalue weighted by Crippen LogP contribution is -1.93. The van der Waals surface area contributed by atoms with Gasteiger partial charge in [0.2, 0.25) is 0 Å². The molecule has 0 N–H and O–H groups in total. The number of thioether (sulfide) groups is 1. The first-order valence-corrected chi connectivity index (χ1v) is 6.39. The van der Waals surface area contributed by atoms with Gasteiger partial charge in [0, 0.05) is 9.92 Å². The van der Waals surface area contributed by atoms with Crippen molar-refractivity contribution in [3.05, 3.63) is 27.7 Å². The molecule has 0 aliphatic rings. The number of halogens is 2. The first kappa shape index (κ1) is 12.9. The van der Waals surface area contributed by atoms with Gasteiger partial charge in [-0.2, -0.15) is 0 Å². The lowest BCUT2D eigenvalue weighted by Gasteiger charge is -2.07. The molecule has 0 aliphatic heterocycles. The molecule has 0 aromatic heterocycles. The number of ketones is 1. The zero-order chi connectivity index (χ0) is 11.4. The Morgan fingerprint density at radius 1 is 1.33 bits per heavy atom. The van der Waals surface area contributed by atoms with Crippen molar-refractivity contribution >= 4 is 40.7 Å². The average Bonchev–Trinajstić information content (AvgIpc) is 2.18. The smallest absolute Gasteiger partial charge is 0.140 e. The van der Waals surface area contributed by atoms with Crippen LogP contribution in [0.2, 0.25) is 10.0 Å². The highest BCUT2D eigenvalue weighted by atomic mass is 35.5. The monoisotopic (exact) mass is 262 g/mol. The van der Waals surface area contributed by atoms with E-state index in [0.29, 0.717) is 15.8 Å². The highest BCUT2D eigenvalue weighted by Gasteiger charge is 2.07. The second-order valence-corrected chi connectivity index (χ2v) is 5.05. The summed E-state index contributed by atoms with van der Waals surface area (Å²) >= 11 is 13.6. The van der Waals surface area contributed by atoms with E-state index in [1.807, 2.05) is 19.1 Å². The molecule has 4 heteroatoms. The number of benzene rings is 1. The van der Waals surface area contributed by atoms with E-state index in [4.69, 9.17) is 23.2 Å². The largest absolute Gasteiger partial charge is 0.299 e. The van der Waals surface area contributed by atoms with Gasteiger partial charge < -0.3 is 0 Å². The molecule has 1 rings (SSSR count). The van der Waals surface area contributed by atoms with Gasteiger partial charge in [-0.05, 0) is 31.0 Å².